The van der Waals surface area contributed by atoms with Gasteiger partial charge >= 0.3 is 0 Å². The second kappa shape index (κ2) is 5.81. The molecule has 0 spiro atoms. The fourth-order valence-corrected chi connectivity index (χ4v) is 3.76. The minimum atomic E-state index is -1.12. The number of nitrogen functional groups attached to an aromatic ring is 1. The molecule has 3 heterocycles. The van der Waals surface area contributed by atoms with Gasteiger partial charge in [0.25, 0.3) is 5.56 Å². The van der Waals surface area contributed by atoms with Crippen molar-refractivity contribution in [1.82, 2.24) is 20.2 Å². The Bertz CT molecular complexity index is 1540. The highest BCUT2D eigenvalue weighted by molar-refractivity contribution is 6.14. The summed E-state index contributed by atoms with van der Waals surface area (Å²) in [5.74, 6) is -2.77. The Kier molecular flexibility index (Phi) is 3.45. The molecule has 0 atom stereocenters. The lowest BCUT2D eigenvalue weighted by molar-refractivity contribution is 0.515. The Morgan fingerprint density at radius 3 is 2.59 bits per heavy atom. The molecule has 0 amide bonds. The number of hydrogen-bond acceptors (Lipinski definition) is 4. The highest BCUT2D eigenvalue weighted by Gasteiger charge is 2.21. The molecule has 0 unspecified atom stereocenters. The SMILES string of the molecule is Cc1cc2c(-c3cc(F)c(F)c4[nH]ncc34)c(N)c(=O)[nH]c2c2cc(F)cnc12. The summed E-state index contributed by atoms with van der Waals surface area (Å²) in [5.41, 5.74) is 7.04. The van der Waals surface area contributed by atoms with E-state index < -0.39 is 23.0 Å². The van der Waals surface area contributed by atoms with Crippen LogP contribution in [0.1, 0.15) is 5.56 Å². The van der Waals surface area contributed by atoms with Crippen molar-refractivity contribution in [3.63, 3.8) is 0 Å². The monoisotopic (exact) mass is 395 g/mol. The molecule has 0 fully saturated rings. The van der Waals surface area contributed by atoms with Crippen LogP contribution < -0.4 is 11.3 Å². The Labute approximate surface area is 160 Å². The molecule has 0 saturated carbocycles. The van der Waals surface area contributed by atoms with Crippen molar-refractivity contribution < 1.29 is 13.2 Å². The maximum Gasteiger partial charge on any atom is 0.272 e. The standard InChI is InChI=1S/C20H12F3N5O/c1-7-2-10-14(9-4-13(22)15(23)19-12(9)6-26-28-19)16(24)20(29)27-18(10)11-3-8(21)5-25-17(7)11/h2-6H,24H2,1H3,(H,26,28)(H,27,29). The molecule has 4 N–H and O–H groups in total. The third-order valence-electron chi connectivity index (χ3n) is 5.05. The zero-order chi connectivity index (χ0) is 20.4. The average molecular weight is 395 g/mol. The van der Waals surface area contributed by atoms with Crippen molar-refractivity contribution in [3.8, 4) is 11.1 Å². The van der Waals surface area contributed by atoms with Crippen LogP contribution in [-0.2, 0) is 0 Å². The lowest BCUT2D eigenvalue weighted by Crippen LogP contribution is -2.14. The van der Waals surface area contributed by atoms with E-state index in [1.807, 2.05) is 0 Å². The van der Waals surface area contributed by atoms with Gasteiger partial charge in [-0.3, -0.25) is 14.9 Å². The average Bonchev–Trinajstić information content (AvgIpc) is 3.17. The largest absolute Gasteiger partial charge is 0.394 e. The second-order valence-corrected chi connectivity index (χ2v) is 6.79. The number of aromatic nitrogens is 4. The highest BCUT2D eigenvalue weighted by Crippen LogP contribution is 2.39. The number of aromatic amines is 2. The highest BCUT2D eigenvalue weighted by atomic mass is 19.2. The summed E-state index contributed by atoms with van der Waals surface area (Å²) in [6, 6.07) is 3.95. The number of nitrogens with zero attached hydrogens (tertiary/aromatic N) is 2. The van der Waals surface area contributed by atoms with Gasteiger partial charge in [0.2, 0.25) is 0 Å². The van der Waals surface area contributed by atoms with E-state index in [-0.39, 0.29) is 27.7 Å². The fraction of sp³-hybridized carbons (Fsp3) is 0.0500. The number of nitrogens with one attached hydrogen (secondary N) is 2. The molecule has 3 aromatic heterocycles. The van der Waals surface area contributed by atoms with Crippen molar-refractivity contribution in [1.29, 1.82) is 0 Å². The molecule has 0 aliphatic rings. The maximum atomic E-state index is 14.3. The molecule has 9 heteroatoms. The number of halogens is 3. The maximum absolute atomic E-state index is 14.3. The third kappa shape index (κ3) is 2.33. The van der Waals surface area contributed by atoms with Crippen molar-refractivity contribution >= 4 is 38.4 Å². The summed E-state index contributed by atoms with van der Waals surface area (Å²) in [5, 5.41) is 7.29. The lowest BCUT2D eigenvalue weighted by atomic mass is 9.94. The van der Waals surface area contributed by atoms with Crippen LogP contribution in [0.15, 0.2) is 35.4 Å². The second-order valence-electron chi connectivity index (χ2n) is 6.79. The Morgan fingerprint density at radius 1 is 1.00 bits per heavy atom. The molecule has 5 aromatic rings. The molecular formula is C20H12F3N5O. The summed E-state index contributed by atoms with van der Waals surface area (Å²) < 4.78 is 42.3. The van der Waals surface area contributed by atoms with Crippen LogP contribution in [0, 0.1) is 24.4 Å². The fourth-order valence-electron chi connectivity index (χ4n) is 3.76. The first-order chi connectivity index (χ1) is 13.9. The van der Waals surface area contributed by atoms with E-state index in [4.69, 9.17) is 5.73 Å². The predicted molar refractivity (Wildman–Crippen MR) is 104 cm³/mol. The number of hydrogen-bond donors (Lipinski definition) is 3. The van der Waals surface area contributed by atoms with E-state index >= 15 is 0 Å². The van der Waals surface area contributed by atoms with Crippen LogP contribution in [0.25, 0.3) is 43.8 Å². The molecule has 0 saturated heterocycles. The van der Waals surface area contributed by atoms with E-state index in [0.29, 0.717) is 27.4 Å². The molecule has 5 rings (SSSR count). The van der Waals surface area contributed by atoms with Crippen LogP contribution in [0.2, 0.25) is 0 Å². The molecule has 6 nitrogen and oxygen atoms in total. The molecule has 29 heavy (non-hydrogen) atoms. The molecule has 0 aliphatic carbocycles. The Hall–Kier alpha value is -3.88. The van der Waals surface area contributed by atoms with Crippen molar-refractivity contribution in [3.05, 3.63) is 64.0 Å². The number of rotatable bonds is 1. The van der Waals surface area contributed by atoms with Gasteiger partial charge in [0, 0.05) is 21.7 Å². The van der Waals surface area contributed by atoms with E-state index in [0.717, 1.165) is 12.3 Å². The quantitative estimate of drug-likeness (QED) is 0.375. The van der Waals surface area contributed by atoms with Gasteiger partial charge in [-0.2, -0.15) is 5.10 Å². The van der Waals surface area contributed by atoms with Gasteiger partial charge in [-0.1, -0.05) is 0 Å². The zero-order valence-corrected chi connectivity index (χ0v) is 14.9. The minimum Gasteiger partial charge on any atom is -0.394 e. The van der Waals surface area contributed by atoms with Gasteiger partial charge < -0.3 is 10.7 Å². The van der Waals surface area contributed by atoms with Gasteiger partial charge in [-0.25, -0.2) is 13.2 Å². The number of fused-ring (bicyclic) bond motifs is 4. The zero-order valence-electron chi connectivity index (χ0n) is 14.9. The third-order valence-corrected chi connectivity index (χ3v) is 5.05. The van der Waals surface area contributed by atoms with Gasteiger partial charge in [0.05, 0.1) is 23.4 Å². The number of anilines is 1. The van der Waals surface area contributed by atoms with Crippen LogP contribution >= 0.6 is 0 Å². The molecule has 0 radical (unpaired) electrons. The van der Waals surface area contributed by atoms with E-state index in [1.54, 1.807) is 13.0 Å². The van der Waals surface area contributed by atoms with E-state index in [1.165, 1.54) is 12.3 Å². The number of benzene rings is 2. The van der Waals surface area contributed by atoms with Crippen molar-refractivity contribution in [2.45, 2.75) is 6.92 Å². The van der Waals surface area contributed by atoms with Gasteiger partial charge in [0.1, 0.15) is 17.0 Å². The number of nitrogens with two attached hydrogens (primary N) is 1. The lowest BCUT2D eigenvalue weighted by Gasteiger charge is -2.14. The summed E-state index contributed by atoms with van der Waals surface area (Å²) >= 11 is 0. The van der Waals surface area contributed by atoms with Crippen LogP contribution in [0.4, 0.5) is 18.9 Å². The summed E-state index contributed by atoms with van der Waals surface area (Å²) in [6.07, 6.45) is 2.41. The first kappa shape index (κ1) is 17.2. The topological polar surface area (TPSA) is 100 Å². The summed E-state index contributed by atoms with van der Waals surface area (Å²) in [7, 11) is 0. The Morgan fingerprint density at radius 2 is 1.79 bits per heavy atom. The first-order valence-corrected chi connectivity index (χ1v) is 8.58. The van der Waals surface area contributed by atoms with Gasteiger partial charge in [0.15, 0.2) is 11.6 Å². The molecular weight excluding hydrogens is 383 g/mol. The molecule has 0 bridgehead atoms. The normalized spacial score (nSPS) is 11.7. The van der Waals surface area contributed by atoms with Gasteiger partial charge in [-0.15, -0.1) is 0 Å². The molecule has 0 aliphatic heterocycles. The van der Waals surface area contributed by atoms with Crippen LogP contribution in [0.3, 0.4) is 0 Å². The van der Waals surface area contributed by atoms with Crippen LogP contribution in [-0.4, -0.2) is 20.2 Å². The number of aryl methyl sites for hydroxylation is 1. The molecule has 2 aromatic carbocycles. The number of pyridine rings is 2. The van der Waals surface area contributed by atoms with Crippen LogP contribution in [0.5, 0.6) is 0 Å². The summed E-state index contributed by atoms with van der Waals surface area (Å²) in [4.78, 5) is 19.3. The van der Waals surface area contributed by atoms with Crippen molar-refractivity contribution in [2.75, 3.05) is 5.73 Å². The first-order valence-electron chi connectivity index (χ1n) is 8.58. The minimum absolute atomic E-state index is 0.141. The summed E-state index contributed by atoms with van der Waals surface area (Å²) in [6.45, 7) is 1.77. The van der Waals surface area contributed by atoms with E-state index in [2.05, 4.69) is 20.2 Å². The van der Waals surface area contributed by atoms with Gasteiger partial charge in [-0.05, 0) is 36.2 Å². The van der Waals surface area contributed by atoms with Crippen molar-refractivity contribution in [2.24, 2.45) is 0 Å². The van der Waals surface area contributed by atoms with E-state index in [9.17, 15) is 18.0 Å². The Balaban J connectivity index is 2.04. The molecule has 144 valence electrons. The smallest absolute Gasteiger partial charge is 0.272 e. The predicted octanol–water partition coefficient (Wildman–Crippen LogP) is 3.93. The number of H-pyrrole nitrogens is 2.